The Kier molecular flexibility index (Phi) is 5.69. The van der Waals surface area contributed by atoms with Crippen LogP contribution in [0.4, 0.5) is 9.59 Å². The maximum absolute atomic E-state index is 12.2. The van der Waals surface area contributed by atoms with Gasteiger partial charge in [0.1, 0.15) is 11.6 Å². The summed E-state index contributed by atoms with van der Waals surface area (Å²) in [5, 5.41) is 2.72. The van der Waals surface area contributed by atoms with Gasteiger partial charge in [0.2, 0.25) is 0 Å². The number of nitrogens with one attached hydrogen (secondary N) is 1. The summed E-state index contributed by atoms with van der Waals surface area (Å²) in [5.41, 5.74) is -0.511. The fourth-order valence-corrected chi connectivity index (χ4v) is 2.79. The van der Waals surface area contributed by atoms with Crippen molar-refractivity contribution < 1.29 is 19.1 Å². The Morgan fingerprint density at radius 1 is 1.21 bits per heavy atom. The van der Waals surface area contributed by atoms with Crippen LogP contribution in [0.15, 0.2) is 0 Å². The van der Waals surface area contributed by atoms with Crippen molar-refractivity contribution in [2.75, 3.05) is 32.8 Å². The van der Waals surface area contributed by atoms with Gasteiger partial charge in [-0.05, 0) is 27.2 Å². The molecule has 2 saturated heterocycles. The van der Waals surface area contributed by atoms with Crippen molar-refractivity contribution in [2.45, 2.75) is 52.2 Å². The number of imide groups is 1. The van der Waals surface area contributed by atoms with Crippen LogP contribution in [-0.2, 0) is 9.53 Å². The number of amides is 4. The highest BCUT2D eigenvalue weighted by atomic mass is 16.6. The largest absolute Gasteiger partial charge is 0.444 e. The van der Waals surface area contributed by atoms with E-state index in [0.29, 0.717) is 32.6 Å². The molecule has 136 valence electrons. The quantitative estimate of drug-likeness (QED) is 0.778. The Morgan fingerprint density at radius 2 is 1.83 bits per heavy atom. The van der Waals surface area contributed by atoms with Gasteiger partial charge in [-0.1, -0.05) is 13.3 Å². The van der Waals surface area contributed by atoms with Crippen LogP contribution in [0.5, 0.6) is 0 Å². The summed E-state index contributed by atoms with van der Waals surface area (Å²) in [6.45, 7) is 10.0. The lowest BCUT2D eigenvalue weighted by atomic mass is 10.2. The zero-order chi connectivity index (χ0) is 17.9. The lowest BCUT2D eigenvalue weighted by Crippen LogP contribution is -2.53. The van der Waals surface area contributed by atoms with Crippen LogP contribution >= 0.6 is 0 Å². The summed E-state index contributed by atoms with van der Waals surface area (Å²) in [4.78, 5) is 41.2. The molecule has 2 rings (SSSR count). The molecule has 0 aliphatic carbocycles. The van der Waals surface area contributed by atoms with E-state index in [1.54, 1.807) is 4.90 Å². The van der Waals surface area contributed by atoms with Crippen LogP contribution in [-0.4, -0.2) is 77.2 Å². The summed E-state index contributed by atoms with van der Waals surface area (Å²) in [5.74, 6) is -0.156. The van der Waals surface area contributed by atoms with Crippen LogP contribution < -0.4 is 5.32 Å². The summed E-state index contributed by atoms with van der Waals surface area (Å²) in [6.07, 6.45) is 1.19. The molecule has 0 aromatic heterocycles. The number of urea groups is 1. The second kappa shape index (κ2) is 7.38. The monoisotopic (exact) mass is 340 g/mol. The van der Waals surface area contributed by atoms with E-state index in [9.17, 15) is 14.4 Å². The minimum atomic E-state index is -0.511. The number of hydrogen-bond donors (Lipinski definition) is 1. The smallest absolute Gasteiger partial charge is 0.410 e. The van der Waals surface area contributed by atoms with Crippen molar-refractivity contribution >= 4 is 18.0 Å². The standard InChI is InChI=1S/C16H28N4O4/c1-5-6-12-13(21)20(14(22)17-12)11-18-7-9-19(10-8-18)15(23)24-16(2,3)4/h12H,5-11H2,1-4H3,(H,17,22). The molecule has 1 atom stereocenters. The summed E-state index contributed by atoms with van der Waals surface area (Å²) >= 11 is 0. The molecule has 1 N–H and O–H groups in total. The lowest BCUT2D eigenvalue weighted by Gasteiger charge is -2.36. The Morgan fingerprint density at radius 3 is 2.38 bits per heavy atom. The second-order valence-electron chi connectivity index (χ2n) is 7.28. The predicted octanol–water partition coefficient (Wildman–Crippen LogP) is 1.22. The van der Waals surface area contributed by atoms with E-state index in [1.807, 2.05) is 32.6 Å². The number of piperazine rings is 1. The number of nitrogens with zero attached hydrogens (tertiary/aromatic N) is 3. The highest BCUT2D eigenvalue weighted by Crippen LogP contribution is 2.14. The molecule has 0 aromatic rings. The van der Waals surface area contributed by atoms with E-state index in [-0.39, 0.29) is 24.7 Å². The first-order chi connectivity index (χ1) is 11.2. The van der Waals surface area contributed by atoms with Crippen LogP contribution in [0.25, 0.3) is 0 Å². The molecule has 0 spiro atoms. The topological polar surface area (TPSA) is 82.2 Å². The molecule has 0 saturated carbocycles. The third-order valence-electron chi connectivity index (χ3n) is 4.05. The first kappa shape index (κ1) is 18.5. The Balaban J connectivity index is 1.82. The Bertz CT molecular complexity index is 495. The molecule has 2 aliphatic heterocycles. The van der Waals surface area contributed by atoms with Gasteiger partial charge in [-0.3, -0.25) is 9.69 Å². The predicted molar refractivity (Wildman–Crippen MR) is 88.3 cm³/mol. The lowest BCUT2D eigenvalue weighted by molar-refractivity contribution is -0.129. The van der Waals surface area contributed by atoms with Gasteiger partial charge in [0.15, 0.2) is 0 Å². The van der Waals surface area contributed by atoms with E-state index in [2.05, 4.69) is 5.32 Å². The highest BCUT2D eigenvalue weighted by molar-refractivity contribution is 6.04. The Labute approximate surface area is 143 Å². The number of ether oxygens (including phenoxy) is 1. The molecule has 8 nitrogen and oxygen atoms in total. The van der Waals surface area contributed by atoms with Gasteiger partial charge in [-0.15, -0.1) is 0 Å². The minimum absolute atomic E-state index is 0.156. The number of carbonyl (C=O) groups is 3. The van der Waals surface area contributed by atoms with Gasteiger partial charge in [-0.2, -0.15) is 0 Å². The average molecular weight is 340 g/mol. The third kappa shape index (κ3) is 4.59. The molecule has 0 bridgehead atoms. The van der Waals surface area contributed by atoms with Crippen molar-refractivity contribution in [1.29, 1.82) is 0 Å². The molecule has 2 heterocycles. The zero-order valence-corrected chi connectivity index (χ0v) is 15.0. The molecular weight excluding hydrogens is 312 g/mol. The van der Waals surface area contributed by atoms with E-state index in [4.69, 9.17) is 4.74 Å². The first-order valence-corrected chi connectivity index (χ1v) is 8.53. The average Bonchev–Trinajstić information content (AvgIpc) is 2.74. The van der Waals surface area contributed by atoms with E-state index in [0.717, 1.165) is 6.42 Å². The SMILES string of the molecule is CCCC1NC(=O)N(CN2CCN(C(=O)OC(C)(C)C)CC2)C1=O. The molecule has 8 heteroatoms. The van der Waals surface area contributed by atoms with Gasteiger partial charge >= 0.3 is 12.1 Å². The normalized spacial score (nSPS) is 22.8. The van der Waals surface area contributed by atoms with Crippen molar-refractivity contribution in [3.8, 4) is 0 Å². The first-order valence-electron chi connectivity index (χ1n) is 8.53. The van der Waals surface area contributed by atoms with Crippen molar-refractivity contribution in [3.05, 3.63) is 0 Å². The van der Waals surface area contributed by atoms with Gasteiger partial charge in [0.05, 0.1) is 6.67 Å². The summed E-state index contributed by atoms with van der Waals surface area (Å²) in [6, 6.07) is -0.724. The fraction of sp³-hybridized carbons (Fsp3) is 0.812. The minimum Gasteiger partial charge on any atom is -0.444 e. The molecule has 2 fully saturated rings. The van der Waals surface area contributed by atoms with Gasteiger partial charge in [0, 0.05) is 26.2 Å². The molecule has 0 aromatic carbocycles. The van der Waals surface area contributed by atoms with Crippen LogP contribution in [0, 0.1) is 0 Å². The second-order valence-corrected chi connectivity index (χ2v) is 7.28. The van der Waals surface area contributed by atoms with Crippen LogP contribution in [0.1, 0.15) is 40.5 Å². The van der Waals surface area contributed by atoms with Gasteiger partial charge in [-0.25, -0.2) is 14.5 Å². The van der Waals surface area contributed by atoms with Gasteiger partial charge in [0.25, 0.3) is 5.91 Å². The van der Waals surface area contributed by atoms with Crippen molar-refractivity contribution in [3.63, 3.8) is 0 Å². The number of hydrogen-bond acceptors (Lipinski definition) is 5. The molecule has 1 unspecified atom stereocenters. The highest BCUT2D eigenvalue weighted by Gasteiger charge is 2.38. The molecule has 24 heavy (non-hydrogen) atoms. The molecular formula is C16H28N4O4. The van der Waals surface area contributed by atoms with Crippen molar-refractivity contribution in [1.82, 2.24) is 20.0 Å². The van der Waals surface area contributed by atoms with Gasteiger partial charge < -0.3 is 15.0 Å². The van der Waals surface area contributed by atoms with E-state index < -0.39 is 11.6 Å². The Hall–Kier alpha value is -1.83. The summed E-state index contributed by atoms with van der Waals surface area (Å²) in [7, 11) is 0. The maximum atomic E-state index is 12.2. The third-order valence-corrected chi connectivity index (χ3v) is 4.05. The molecule has 2 aliphatic rings. The number of carbonyl (C=O) groups excluding carboxylic acids is 3. The van der Waals surface area contributed by atoms with Crippen LogP contribution in [0.2, 0.25) is 0 Å². The molecule has 0 radical (unpaired) electrons. The summed E-state index contributed by atoms with van der Waals surface area (Å²) < 4.78 is 5.36. The van der Waals surface area contributed by atoms with Crippen molar-refractivity contribution in [2.24, 2.45) is 0 Å². The maximum Gasteiger partial charge on any atom is 0.410 e. The van der Waals surface area contributed by atoms with E-state index in [1.165, 1.54) is 4.90 Å². The number of rotatable bonds is 4. The van der Waals surface area contributed by atoms with Crippen LogP contribution in [0.3, 0.4) is 0 Å². The van der Waals surface area contributed by atoms with E-state index >= 15 is 0 Å². The fourth-order valence-electron chi connectivity index (χ4n) is 2.79. The zero-order valence-electron chi connectivity index (χ0n) is 15.0. The molecule has 4 amide bonds.